The van der Waals surface area contributed by atoms with Crippen LogP contribution in [0.2, 0.25) is 0 Å². The number of aromatic nitrogens is 1. The molecule has 0 unspecified atom stereocenters. The SMILES string of the molecule is CNC(=O)/C(=C/c1cccs1)c1ccc(OCc2ccc3ccccc3n2)cc1. The zero-order chi connectivity index (χ0) is 20.1. The molecule has 0 atom stereocenters. The third kappa shape index (κ3) is 4.52. The summed E-state index contributed by atoms with van der Waals surface area (Å²) in [5.41, 5.74) is 3.29. The summed E-state index contributed by atoms with van der Waals surface area (Å²) in [6.07, 6.45) is 1.90. The zero-order valence-electron chi connectivity index (χ0n) is 16.0. The standard InChI is InChI=1S/C24H20N2O2S/c1-25-24(27)22(15-21-6-4-14-29-21)17-9-12-20(13-10-17)28-16-19-11-8-18-5-2-3-7-23(18)26-19/h2-15H,16H2,1H3,(H,25,27)/b22-15+. The van der Waals surface area contributed by atoms with Crippen LogP contribution in [0.3, 0.4) is 0 Å². The number of benzene rings is 2. The number of rotatable bonds is 6. The summed E-state index contributed by atoms with van der Waals surface area (Å²) in [5, 5.41) is 5.81. The summed E-state index contributed by atoms with van der Waals surface area (Å²) < 4.78 is 5.89. The number of carbonyl (C=O) groups excluding carboxylic acids is 1. The lowest BCUT2D eigenvalue weighted by molar-refractivity contribution is -0.115. The molecule has 2 aromatic heterocycles. The van der Waals surface area contributed by atoms with Crippen molar-refractivity contribution in [3.8, 4) is 5.75 Å². The Morgan fingerprint density at radius 2 is 1.86 bits per heavy atom. The molecule has 29 heavy (non-hydrogen) atoms. The average molecular weight is 401 g/mol. The molecule has 0 aliphatic rings. The Balaban J connectivity index is 1.49. The van der Waals surface area contributed by atoms with Gasteiger partial charge in [-0.25, -0.2) is 4.98 Å². The van der Waals surface area contributed by atoms with Gasteiger partial charge < -0.3 is 10.1 Å². The smallest absolute Gasteiger partial charge is 0.251 e. The fourth-order valence-corrected chi connectivity index (χ4v) is 3.66. The van der Waals surface area contributed by atoms with Crippen molar-refractivity contribution in [2.75, 3.05) is 7.05 Å². The second kappa shape index (κ2) is 8.71. The summed E-state index contributed by atoms with van der Waals surface area (Å²) in [4.78, 5) is 18.0. The number of hydrogen-bond acceptors (Lipinski definition) is 4. The summed E-state index contributed by atoms with van der Waals surface area (Å²) >= 11 is 1.60. The van der Waals surface area contributed by atoms with Gasteiger partial charge in [-0.3, -0.25) is 4.79 Å². The molecule has 2 aromatic carbocycles. The fourth-order valence-electron chi connectivity index (χ4n) is 3.01. The highest BCUT2D eigenvalue weighted by Crippen LogP contribution is 2.24. The summed E-state index contributed by atoms with van der Waals surface area (Å²) in [6, 6.07) is 23.6. The van der Waals surface area contributed by atoms with E-state index in [-0.39, 0.29) is 5.91 Å². The molecule has 4 nitrogen and oxygen atoms in total. The molecule has 5 heteroatoms. The van der Waals surface area contributed by atoms with Crippen molar-refractivity contribution in [3.05, 3.63) is 94.3 Å². The molecule has 0 saturated carbocycles. The van der Waals surface area contributed by atoms with E-state index in [9.17, 15) is 4.79 Å². The Morgan fingerprint density at radius 3 is 2.62 bits per heavy atom. The molecule has 144 valence electrons. The van der Waals surface area contributed by atoms with Gasteiger partial charge in [0.1, 0.15) is 12.4 Å². The van der Waals surface area contributed by atoms with Crippen LogP contribution in [0.5, 0.6) is 5.75 Å². The minimum Gasteiger partial charge on any atom is -0.487 e. The minimum atomic E-state index is -0.118. The maximum atomic E-state index is 12.3. The van der Waals surface area contributed by atoms with Crippen LogP contribution in [-0.2, 0) is 11.4 Å². The van der Waals surface area contributed by atoms with Gasteiger partial charge in [0.25, 0.3) is 5.91 Å². The van der Waals surface area contributed by atoms with Crippen LogP contribution in [0, 0.1) is 0 Å². The van der Waals surface area contributed by atoms with Crippen LogP contribution < -0.4 is 10.1 Å². The highest BCUT2D eigenvalue weighted by atomic mass is 32.1. The van der Waals surface area contributed by atoms with Gasteiger partial charge in [0.15, 0.2) is 0 Å². The van der Waals surface area contributed by atoms with E-state index in [2.05, 4.69) is 16.4 Å². The third-order valence-electron chi connectivity index (χ3n) is 4.51. The highest BCUT2D eigenvalue weighted by Gasteiger charge is 2.11. The lowest BCUT2D eigenvalue weighted by atomic mass is 10.0. The van der Waals surface area contributed by atoms with Crippen molar-refractivity contribution < 1.29 is 9.53 Å². The van der Waals surface area contributed by atoms with Crippen molar-refractivity contribution in [1.82, 2.24) is 10.3 Å². The molecule has 0 spiro atoms. The van der Waals surface area contributed by atoms with Crippen LogP contribution in [0.25, 0.3) is 22.6 Å². The van der Waals surface area contributed by atoms with Gasteiger partial charge in [0, 0.05) is 22.9 Å². The lowest BCUT2D eigenvalue weighted by Crippen LogP contribution is -2.19. The Kier molecular flexibility index (Phi) is 5.68. The van der Waals surface area contributed by atoms with Gasteiger partial charge in [0.2, 0.25) is 0 Å². The maximum absolute atomic E-state index is 12.3. The van der Waals surface area contributed by atoms with E-state index in [0.717, 1.165) is 32.8 Å². The van der Waals surface area contributed by atoms with E-state index in [1.807, 2.05) is 78.2 Å². The monoisotopic (exact) mass is 400 g/mol. The number of hydrogen-bond donors (Lipinski definition) is 1. The molecule has 1 N–H and O–H groups in total. The second-order valence-electron chi connectivity index (χ2n) is 6.46. The Bertz CT molecular complexity index is 1150. The maximum Gasteiger partial charge on any atom is 0.251 e. The first-order valence-electron chi connectivity index (χ1n) is 9.28. The number of pyridine rings is 1. The van der Waals surface area contributed by atoms with Crippen LogP contribution in [0.1, 0.15) is 16.1 Å². The van der Waals surface area contributed by atoms with Crippen molar-refractivity contribution in [2.45, 2.75) is 6.61 Å². The molecule has 4 rings (SSSR count). The number of ether oxygens (including phenoxy) is 1. The minimum absolute atomic E-state index is 0.118. The summed E-state index contributed by atoms with van der Waals surface area (Å²) in [6.45, 7) is 0.386. The number of likely N-dealkylation sites (N-methyl/N-ethyl adjacent to an activating group) is 1. The molecule has 0 bridgehead atoms. The van der Waals surface area contributed by atoms with Gasteiger partial charge in [-0.15, -0.1) is 11.3 Å². The number of amides is 1. The number of nitrogens with one attached hydrogen (secondary N) is 1. The van der Waals surface area contributed by atoms with E-state index in [4.69, 9.17) is 4.74 Å². The molecule has 0 aliphatic heterocycles. The number of fused-ring (bicyclic) bond motifs is 1. The van der Waals surface area contributed by atoms with Gasteiger partial charge >= 0.3 is 0 Å². The molecule has 1 amide bonds. The van der Waals surface area contributed by atoms with Gasteiger partial charge in [-0.1, -0.05) is 42.5 Å². The molecule has 0 fully saturated rings. The molecule has 0 radical (unpaired) electrons. The van der Waals surface area contributed by atoms with E-state index in [1.54, 1.807) is 18.4 Å². The first-order valence-corrected chi connectivity index (χ1v) is 10.2. The molecule has 2 heterocycles. The van der Waals surface area contributed by atoms with E-state index in [1.165, 1.54) is 0 Å². The second-order valence-corrected chi connectivity index (χ2v) is 7.44. The molecule has 0 aliphatic carbocycles. The van der Waals surface area contributed by atoms with Crippen molar-refractivity contribution in [2.24, 2.45) is 0 Å². The van der Waals surface area contributed by atoms with Crippen molar-refractivity contribution in [1.29, 1.82) is 0 Å². The number of para-hydroxylation sites is 1. The molecule has 4 aromatic rings. The Morgan fingerprint density at radius 1 is 1.03 bits per heavy atom. The topological polar surface area (TPSA) is 51.2 Å². The zero-order valence-corrected chi connectivity index (χ0v) is 16.8. The number of nitrogens with zero attached hydrogens (tertiary/aromatic N) is 1. The Labute approximate surface area is 173 Å². The molecular formula is C24H20N2O2S. The van der Waals surface area contributed by atoms with Crippen molar-refractivity contribution in [3.63, 3.8) is 0 Å². The fraction of sp³-hybridized carbons (Fsp3) is 0.0833. The number of thiophene rings is 1. The van der Waals surface area contributed by atoms with Crippen LogP contribution in [0.15, 0.2) is 78.2 Å². The van der Waals surface area contributed by atoms with Crippen LogP contribution >= 0.6 is 11.3 Å². The van der Waals surface area contributed by atoms with Crippen LogP contribution in [-0.4, -0.2) is 17.9 Å². The van der Waals surface area contributed by atoms with Gasteiger partial charge in [0.05, 0.1) is 11.2 Å². The number of carbonyl (C=O) groups is 1. The van der Waals surface area contributed by atoms with Gasteiger partial charge in [-0.2, -0.15) is 0 Å². The first-order chi connectivity index (χ1) is 14.2. The Hall–Kier alpha value is -3.44. The van der Waals surface area contributed by atoms with Crippen LogP contribution in [0.4, 0.5) is 0 Å². The lowest BCUT2D eigenvalue weighted by Gasteiger charge is -2.09. The summed E-state index contributed by atoms with van der Waals surface area (Å²) in [5.74, 6) is 0.614. The van der Waals surface area contributed by atoms with Crippen molar-refractivity contribution >= 4 is 39.8 Å². The van der Waals surface area contributed by atoms with Gasteiger partial charge in [-0.05, 0) is 47.4 Å². The quantitative estimate of drug-likeness (QED) is 0.455. The third-order valence-corrected chi connectivity index (χ3v) is 5.33. The van der Waals surface area contributed by atoms with E-state index in [0.29, 0.717) is 12.2 Å². The molecular weight excluding hydrogens is 380 g/mol. The summed E-state index contributed by atoms with van der Waals surface area (Å²) in [7, 11) is 1.64. The first kappa shape index (κ1) is 18.9. The average Bonchev–Trinajstić information content (AvgIpc) is 3.29. The predicted molar refractivity (Wildman–Crippen MR) is 119 cm³/mol. The largest absolute Gasteiger partial charge is 0.487 e. The van der Waals surface area contributed by atoms with E-state index < -0.39 is 0 Å². The normalized spacial score (nSPS) is 11.4. The highest BCUT2D eigenvalue weighted by molar-refractivity contribution is 7.11. The van der Waals surface area contributed by atoms with E-state index >= 15 is 0 Å². The predicted octanol–water partition coefficient (Wildman–Crippen LogP) is 5.16. The molecule has 0 saturated heterocycles.